The molecule has 4 atom stereocenters. The molecule has 0 radical (unpaired) electrons. The Morgan fingerprint density at radius 3 is 0.779 bits per heavy atom. The summed E-state index contributed by atoms with van der Waals surface area (Å²) in [5, 5.41) is 0. The first-order valence-corrected chi connectivity index (χ1v) is 31.3. The van der Waals surface area contributed by atoms with E-state index < -0.39 is 15.6 Å². The summed E-state index contributed by atoms with van der Waals surface area (Å²) in [6.45, 7) is 2.32. The highest BCUT2D eigenvalue weighted by Gasteiger charge is 2.26. The fraction of sp³-hybridized carbons (Fsp3) is 0.929. The van der Waals surface area contributed by atoms with Gasteiger partial charge in [-0.05, 0) is 63.2 Å². The van der Waals surface area contributed by atoms with E-state index in [0.29, 0.717) is 47.1 Å². The highest BCUT2D eigenvalue weighted by atomic mass is 31.2. The number of likely N-dealkylation sites (N-methyl/N-ethyl adjacent to an activating group) is 2. The lowest BCUT2D eigenvalue weighted by Crippen LogP contribution is -2.37. The van der Waals surface area contributed by atoms with E-state index in [1.54, 1.807) is 0 Å². The van der Waals surface area contributed by atoms with Crippen LogP contribution in [0.15, 0.2) is 0 Å². The average molecular weight is 1000 g/mol. The fourth-order valence-corrected chi connectivity index (χ4v) is 10.4. The van der Waals surface area contributed by atoms with Gasteiger partial charge in [-0.2, -0.15) is 0 Å². The average Bonchev–Trinajstić information content (AvgIpc) is 3.26. The molecule has 0 aliphatic heterocycles. The summed E-state index contributed by atoms with van der Waals surface area (Å²) in [5.41, 5.74) is 0. The molecule has 4 unspecified atom stereocenters. The largest absolute Gasteiger partial charge is 0.472 e. The van der Waals surface area contributed by atoms with E-state index in [0.717, 1.165) is 77.0 Å². The standard InChI is InChI=1S/C56H108N2O8P2/c1-57(2,3)49-51-63-67(59,60)65-53-55-45-41-37-33-29-25-21-17-13-9-7-8-10-14-18-22-26-30-34-38-42-46-56(54-66-68(61,62)64-52-50-58(4,5)6)48-44-40-36-32-28-24-20-16-12-11-15-19-23-27-31-35-39-43-47-55/h55-56H,9-10,13-54H2,1-6H3/p+2. The van der Waals surface area contributed by atoms with Gasteiger partial charge in [0, 0.05) is 25.7 Å². The third-order valence-corrected chi connectivity index (χ3v) is 15.4. The van der Waals surface area contributed by atoms with Crippen LogP contribution in [0.2, 0.25) is 0 Å². The van der Waals surface area contributed by atoms with E-state index >= 15 is 0 Å². The van der Waals surface area contributed by atoms with Crippen molar-refractivity contribution in [2.75, 3.05) is 81.8 Å². The van der Waals surface area contributed by atoms with Gasteiger partial charge in [0.15, 0.2) is 0 Å². The van der Waals surface area contributed by atoms with Crippen molar-refractivity contribution in [3.63, 3.8) is 0 Å². The topological polar surface area (TPSA) is 112 Å². The first kappa shape index (κ1) is 65.3. The lowest BCUT2D eigenvalue weighted by atomic mass is 9.94. The predicted octanol–water partition coefficient (Wildman–Crippen LogP) is 15.7. The Kier molecular flexibility index (Phi) is 41.0. The zero-order valence-electron chi connectivity index (χ0n) is 45.4. The van der Waals surface area contributed by atoms with Crippen LogP contribution in [0.1, 0.15) is 244 Å². The molecule has 0 fully saturated rings. The Bertz CT molecular complexity index is 1300. The second-order valence-corrected chi connectivity index (χ2v) is 25.3. The number of phosphoric acid groups is 2. The Balaban J connectivity index is 2.55. The molecule has 68 heavy (non-hydrogen) atoms. The Morgan fingerprint density at radius 2 is 0.559 bits per heavy atom. The molecule has 0 bridgehead atoms. The molecule has 400 valence electrons. The normalized spacial score (nSPS) is 23.5. The Hall–Kier alpha value is -0.740. The maximum atomic E-state index is 12.7. The SMILES string of the molecule is C[N+](C)(C)CCOP(=O)(O)OCC1CCCCCCCCCC#CCCCCCCCCCC(COP(=O)(O)OCC[N+](C)(C)C)CCCCCCCCCCC#CCCCCCCCCCC1. The summed E-state index contributed by atoms with van der Waals surface area (Å²) in [6.07, 6.45) is 45.4. The van der Waals surface area contributed by atoms with Crippen molar-refractivity contribution in [1.29, 1.82) is 0 Å². The maximum Gasteiger partial charge on any atom is 0.472 e. The van der Waals surface area contributed by atoms with E-state index in [9.17, 15) is 18.9 Å². The van der Waals surface area contributed by atoms with Gasteiger partial charge in [-0.1, -0.05) is 167 Å². The monoisotopic (exact) mass is 1000 g/mol. The molecule has 0 aromatic heterocycles. The van der Waals surface area contributed by atoms with Gasteiger partial charge < -0.3 is 18.8 Å². The molecule has 0 amide bonds. The molecular weight excluding hydrogens is 891 g/mol. The van der Waals surface area contributed by atoms with Gasteiger partial charge in [0.25, 0.3) is 0 Å². The van der Waals surface area contributed by atoms with E-state index in [2.05, 4.69) is 23.7 Å². The van der Waals surface area contributed by atoms with Crippen LogP contribution < -0.4 is 0 Å². The molecular formula is C56H110N2O8P2+2. The molecule has 2 N–H and O–H groups in total. The second kappa shape index (κ2) is 42.7. The van der Waals surface area contributed by atoms with Gasteiger partial charge in [0.05, 0.1) is 55.5 Å². The van der Waals surface area contributed by atoms with Crippen molar-refractivity contribution >= 4 is 15.6 Å². The van der Waals surface area contributed by atoms with Crippen molar-refractivity contribution in [3.8, 4) is 23.7 Å². The third-order valence-electron chi connectivity index (χ3n) is 13.4. The summed E-state index contributed by atoms with van der Waals surface area (Å²) < 4.78 is 48.4. The number of rotatable bonds is 14. The molecule has 1 rings (SSSR count). The second-order valence-electron chi connectivity index (χ2n) is 22.4. The van der Waals surface area contributed by atoms with Gasteiger partial charge in [-0.15, -0.1) is 23.7 Å². The van der Waals surface area contributed by atoms with E-state index in [-0.39, 0.29) is 13.2 Å². The van der Waals surface area contributed by atoms with E-state index in [4.69, 9.17) is 18.1 Å². The summed E-state index contributed by atoms with van der Waals surface area (Å²) in [6, 6.07) is 0. The fourth-order valence-electron chi connectivity index (χ4n) is 8.78. The van der Waals surface area contributed by atoms with Gasteiger partial charge in [0.2, 0.25) is 0 Å². The molecule has 1 aliphatic rings. The minimum Gasteiger partial charge on any atom is -0.329 e. The zero-order valence-corrected chi connectivity index (χ0v) is 47.2. The lowest BCUT2D eigenvalue weighted by molar-refractivity contribution is -0.870. The quantitative estimate of drug-likeness (QED) is 0.101. The predicted molar refractivity (Wildman–Crippen MR) is 287 cm³/mol. The van der Waals surface area contributed by atoms with Crippen LogP contribution in [-0.2, 0) is 27.2 Å². The first-order chi connectivity index (χ1) is 32.6. The van der Waals surface area contributed by atoms with Crippen LogP contribution in [-0.4, -0.2) is 101 Å². The molecule has 0 heterocycles. The molecule has 0 aromatic carbocycles. The van der Waals surface area contributed by atoms with Crippen molar-refractivity contribution in [1.82, 2.24) is 0 Å². The summed E-state index contributed by atoms with van der Waals surface area (Å²) in [5.74, 6) is 14.3. The Morgan fingerprint density at radius 1 is 0.353 bits per heavy atom. The molecule has 0 saturated heterocycles. The van der Waals surface area contributed by atoms with Crippen LogP contribution in [0.25, 0.3) is 0 Å². The van der Waals surface area contributed by atoms with E-state index in [1.165, 1.54) is 167 Å². The molecule has 0 saturated carbocycles. The maximum absolute atomic E-state index is 12.7. The first-order valence-electron chi connectivity index (χ1n) is 28.3. The highest BCUT2D eigenvalue weighted by Crippen LogP contribution is 2.45. The molecule has 12 heteroatoms. The third kappa shape index (κ3) is 47.6. The number of hydrogen-bond acceptors (Lipinski definition) is 6. The lowest BCUT2D eigenvalue weighted by Gasteiger charge is -2.24. The number of nitrogens with zero attached hydrogens (tertiary/aromatic N) is 2. The van der Waals surface area contributed by atoms with Crippen LogP contribution in [0, 0.1) is 35.5 Å². The van der Waals surface area contributed by atoms with Crippen molar-refractivity contribution in [2.24, 2.45) is 11.8 Å². The minimum atomic E-state index is -4.05. The number of hydrogen-bond donors (Lipinski definition) is 2. The minimum absolute atomic E-state index is 0.209. The molecule has 1 aliphatic carbocycles. The zero-order chi connectivity index (χ0) is 49.9. The van der Waals surface area contributed by atoms with Gasteiger partial charge in [-0.25, -0.2) is 9.13 Å². The Labute approximate surface area is 421 Å². The highest BCUT2D eigenvalue weighted by molar-refractivity contribution is 7.47. The van der Waals surface area contributed by atoms with Crippen LogP contribution in [0.3, 0.4) is 0 Å². The molecule has 0 aromatic rings. The van der Waals surface area contributed by atoms with Crippen LogP contribution >= 0.6 is 15.6 Å². The van der Waals surface area contributed by atoms with Crippen molar-refractivity contribution in [3.05, 3.63) is 0 Å². The van der Waals surface area contributed by atoms with Crippen molar-refractivity contribution in [2.45, 2.75) is 244 Å². The number of quaternary nitrogens is 2. The smallest absolute Gasteiger partial charge is 0.329 e. The summed E-state index contributed by atoms with van der Waals surface area (Å²) in [7, 11) is 4.16. The van der Waals surface area contributed by atoms with Gasteiger partial charge >= 0.3 is 15.6 Å². The summed E-state index contributed by atoms with van der Waals surface area (Å²) in [4.78, 5) is 20.7. The summed E-state index contributed by atoms with van der Waals surface area (Å²) >= 11 is 0. The van der Waals surface area contributed by atoms with Gasteiger partial charge in [-0.3, -0.25) is 18.1 Å². The van der Waals surface area contributed by atoms with Crippen LogP contribution in [0.4, 0.5) is 0 Å². The molecule has 0 spiro atoms. The van der Waals surface area contributed by atoms with Crippen molar-refractivity contribution < 1.29 is 46.0 Å². The van der Waals surface area contributed by atoms with Crippen LogP contribution in [0.5, 0.6) is 0 Å². The molecule has 10 nitrogen and oxygen atoms in total. The van der Waals surface area contributed by atoms with E-state index in [1.807, 2.05) is 42.3 Å². The number of phosphoric ester groups is 2. The van der Waals surface area contributed by atoms with Gasteiger partial charge in [0.1, 0.15) is 26.3 Å².